The molecule has 1 aliphatic rings. The molecular formula is C15H20ClNO2. The van der Waals surface area contributed by atoms with Gasteiger partial charge in [-0.15, -0.1) is 0 Å². The number of hydrogen-bond donors (Lipinski definition) is 1. The summed E-state index contributed by atoms with van der Waals surface area (Å²) in [6, 6.07) is 6.92. The number of ketones is 1. The summed E-state index contributed by atoms with van der Waals surface area (Å²) >= 11 is 5.82. The Hall–Kier alpha value is -0.900. The van der Waals surface area contributed by atoms with Crippen LogP contribution in [0.4, 0.5) is 0 Å². The first-order valence-corrected chi connectivity index (χ1v) is 7.23. The third-order valence-corrected chi connectivity index (χ3v) is 3.64. The summed E-state index contributed by atoms with van der Waals surface area (Å²) in [5.74, 6) is 0.123. The smallest absolute Gasteiger partial charge is 0.179 e. The van der Waals surface area contributed by atoms with E-state index in [1.165, 1.54) is 0 Å². The maximum atomic E-state index is 12.3. The first-order chi connectivity index (χ1) is 9.20. The van der Waals surface area contributed by atoms with Crippen LogP contribution in [0.5, 0.6) is 0 Å². The van der Waals surface area contributed by atoms with Crippen molar-refractivity contribution in [1.29, 1.82) is 0 Å². The van der Waals surface area contributed by atoms with E-state index in [1.807, 2.05) is 0 Å². The Morgan fingerprint density at radius 3 is 2.84 bits per heavy atom. The quantitative estimate of drug-likeness (QED) is 0.643. The van der Waals surface area contributed by atoms with Crippen LogP contribution in [-0.4, -0.2) is 31.1 Å². The number of hydrogen-bond acceptors (Lipinski definition) is 3. The standard InChI is InChI=1S/C15H20ClNO2/c1-2-3-8-19-13-9-14(17-10-13)15(18)11-4-6-12(16)7-5-11/h4-7,13-14,17H,2-3,8-10H2,1H3/t13-,14-/m1/s1. The summed E-state index contributed by atoms with van der Waals surface area (Å²) in [5, 5.41) is 3.89. The molecule has 19 heavy (non-hydrogen) atoms. The van der Waals surface area contributed by atoms with E-state index in [0.717, 1.165) is 32.4 Å². The Morgan fingerprint density at radius 2 is 2.16 bits per heavy atom. The number of rotatable bonds is 6. The van der Waals surface area contributed by atoms with Crippen LogP contribution in [0.1, 0.15) is 36.5 Å². The van der Waals surface area contributed by atoms with E-state index in [1.54, 1.807) is 24.3 Å². The number of carbonyl (C=O) groups is 1. The molecule has 104 valence electrons. The molecule has 0 aromatic heterocycles. The number of Topliss-reactive ketones (excluding diaryl/α,β-unsaturated/α-hetero) is 1. The Morgan fingerprint density at radius 1 is 1.42 bits per heavy atom. The Bertz CT molecular complexity index is 419. The maximum absolute atomic E-state index is 12.3. The lowest BCUT2D eigenvalue weighted by atomic mass is 10.0. The Labute approximate surface area is 119 Å². The summed E-state index contributed by atoms with van der Waals surface area (Å²) in [5.41, 5.74) is 0.705. The molecule has 0 spiro atoms. The van der Waals surface area contributed by atoms with Crippen LogP contribution < -0.4 is 5.32 Å². The van der Waals surface area contributed by atoms with E-state index in [9.17, 15) is 4.79 Å². The lowest BCUT2D eigenvalue weighted by molar-refractivity contribution is 0.0621. The minimum atomic E-state index is -0.132. The molecule has 2 atom stereocenters. The second-order valence-electron chi connectivity index (χ2n) is 4.91. The van der Waals surface area contributed by atoms with Gasteiger partial charge in [0.1, 0.15) is 0 Å². The predicted molar refractivity (Wildman–Crippen MR) is 76.8 cm³/mol. The van der Waals surface area contributed by atoms with E-state index in [-0.39, 0.29) is 17.9 Å². The van der Waals surface area contributed by atoms with E-state index in [2.05, 4.69) is 12.2 Å². The van der Waals surface area contributed by atoms with Crippen molar-refractivity contribution in [3.63, 3.8) is 0 Å². The molecule has 4 heteroatoms. The van der Waals surface area contributed by atoms with E-state index >= 15 is 0 Å². The fraction of sp³-hybridized carbons (Fsp3) is 0.533. The third kappa shape index (κ3) is 4.03. The van der Waals surface area contributed by atoms with E-state index in [0.29, 0.717) is 10.6 Å². The number of halogens is 1. The fourth-order valence-electron chi connectivity index (χ4n) is 2.24. The lowest BCUT2D eigenvalue weighted by Crippen LogP contribution is -2.30. The van der Waals surface area contributed by atoms with Gasteiger partial charge in [-0.1, -0.05) is 24.9 Å². The van der Waals surface area contributed by atoms with Crippen molar-refractivity contribution < 1.29 is 9.53 Å². The first-order valence-electron chi connectivity index (χ1n) is 6.85. The van der Waals surface area contributed by atoms with Crippen molar-refractivity contribution >= 4 is 17.4 Å². The fourth-order valence-corrected chi connectivity index (χ4v) is 2.37. The molecule has 1 aliphatic heterocycles. The highest BCUT2D eigenvalue weighted by molar-refractivity contribution is 6.30. The SMILES string of the molecule is CCCCO[C@H]1CN[C@@H](C(=O)c2ccc(Cl)cc2)C1. The lowest BCUT2D eigenvalue weighted by Gasteiger charge is -2.11. The average molecular weight is 282 g/mol. The molecule has 0 amide bonds. The van der Waals surface area contributed by atoms with Crippen LogP contribution in [0.3, 0.4) is 0 Å². The molecule has 1 heterocycles. The molecule has 1 aromatic carbocycles. The zero-order valence-electron chi connectivity index (χ0n) is 11.2. The number of unbranched alkanes of at least 4 members (excludes halogenated alkanes) is 1. The average Bonchev–Trinajstić information content (AvgIpc) is 2.88. The van der Waals surface area contributed by atoms with Crippen molar-refractivity contribution in [3.8, 4) is 0 Å². The van der Waals surface area contributed by atoms with Gasteiger partial charge >= 0.3 is 0 Å². The third-order valence-electron chi connectivity index (χ3n) is 3.39. The van der Waals surface area contributed by atoms with Gasteiger partial charge in [0.2, 0.25) is 0 Å². The van der Waals surface area contributed by atoms with Crippen molar-refractivity contribution in [1.82, 2.24) is 5.32 Å². The van der Waals surface area contributed by atoms with Crippen LogP contribution in [0.15, 0.2) is 24.3 Å². The molecule has 1 N–H and O–H groups in total. The number of benzene rings is 1. The second-order valence-corrected chi connectivity index (χ2v) is 5.35. The molecule has 0 radical (unpaired) electrons. The molecule has 0 unspecified atom stereocenters. The zero-order valence-corrected chi connectivity index (χ0v) is 12.0. The van der Waals surface area contributed by atoms with Gasteiger partial charge in [-0.05, 0) is 37.1 Å². The van der Waals surface area contributed by atoms with Gasteiger partial charge < -0.3 is 10.1 Å². The molecule has 0 aliphatic carbocycles. The Kier molecular flexibility index (Phi) is 5.37. The minimum Gasteiger partial charge on any atom is -0.377 e. The topological polar surface area (TPSA) is 38.3 Å². The number of carbonyl (C=O) groups excluding carboxylic acids is 1. The van der Waals surface area contributed by atoms with Crippen molar-refractivity contribution in [3.05, 3.63) is 34.9 Å². The van der Waals surface area contributed by atoms with Crippen molar-refractivity contribution in [2.45, 2.75) is 38.3 Å². The van der Waals surface area contributed by atoms with Gasteiger partial charge in [0.15, 0.2) is 5.78 Å². The summed E-state index contributed by atoms with van der Waals surface area (Å²) < 4.78 is 5.74. The van der Waals surface area contributed by atoms with E-state index < -0.39 is 0 Å². The van der Waals surface area contributed by atoms with Crippen molar-refractivity contribution in [2.24, 2.45) is 0 Å². The summed E-state index contributed by atoms with van der Waals surface area (Å²) in [7, 11) is 0. The zero-order chi connectivity index (χ0) is 13.7. The van der Waals surface area contributed by atoms with Gasteiger partial charge in [-0.3, -0.25) is 4.79 Å². The summed E-state index contributed by atoms with van der Waals surface area (Å²) in [6.07, 6.45) is 3.12. The minimum absolute atomic E-state index is 0.123. The van der Waals surface area contributed by atoms with Crippen LogP contribution in [0, 0.1) is 0 Å². The molecule has 0 bridgehead atoms. The van der Waals surface area contributed by atoms with E-state index in [4.69, 9.17) is 16.3 Å². The highest BCUT2D eigenvalue weighted by Gasteiger charge is 2.30. The number of nitrogens with one attached hydrogen (secondary N) is 1. The second kappa shape index (κ2) is 7.04. The van der Waals surface area contributed by atoms with Gasteiger partial charge in [0.25, 0.3) is 0 Å². The first kappa shape index (κ1) is 14.5. The van der Waals surface area contributed by atoms with Gasteiger partial charge in [0, 0.05) is 23.7 Å². The molecule has 3 nitrogen and oxygen atoms in total. The van der Waals surface area contributed by atoms with Crippen molar-refractivity contribution in [2.75, 3.05) is 13.2 Å². The van der Waals surface area contributed by atoms with Gasteiger partial charge in [0.05, 0.1) is 12.1 Å². The normalized spacial score (nSPS) is 22.6. The summed E-state index contributed by atoms with van der Waals surface area (Å²) in [6.45, 7) is 3.68. The monoisotopic (exact) mass is 281 g/mol. The highest BCUT2D eigenvalue weighted by atomic mass is 35.5. The predicted octanol–water partition coefficient (Wildman–Crippen LogP) is 3.07. The summed E-state index contributed by atoms with van der Waals surface area (Å²) in [4.78, 5) is 12.3. The molecule has 2 rings (SSSR count). The van der Waals surface area contributed by atoms with Crippen LogP contribution >= 0.6 is 11.6 Å². The number of ether oxygens (including phenoxy) is 1. The molecule has 1 aromatic rings. The van der Waals surface area contributed by atoms with Gasteiger partial charge in [-0.25, -0.2) is 0 Å². The molecule has 1 saturated heterocycles. The molecule has 1 fully saturated rings. The van der Waals surface area contributed by atoms with Crippen LogP contribution in [-0.2, 0) is 4.74 Å². The molecular weight excluding hydrogens is 262 g/mol. The van der Waals surface area contributed by atoms with Crippen LogP contribution in [0.25, 0.3) is 0 Å². The Balaban J connectivity index is 1.86. The largest absolute Gasteiger partial charge is 0.377 e. The maximum Gasteiger partial charge on any atom is 0.179 e. The molecule has 0 saturated carbocycles. The van der Waals surface area contributed by atoms with Crippen LogP contribution in [0.2, 0.25) is 5.02 Å². The van der Waals surface area contributed by atoms with Gasteiger partial charge in [-0.2, -0.15) is 0 Å². The highest BCUT2D eigenvalue weighted by Crippen LogP contribution is 2.17.